The maximum absolute atomic E-state index is 13.3. The zero-order valence-corrected chi connectivity index (χ0v) is 18.1. The van der Waals surface area contributed by atoms with Gasteiger partial charge in [-0.1, -0.05) is 11.6 Å². The number of anilines is 3. The van der Waals surface area contributed by atoms with Crippen LogP contribution in [0.5, 0.6) is 0 Å². The Morgan fingerprint density at radius 2 is 2.19 bits per heavy atom. The standard InChI is InChI=1S/C20H17ClN8OS/c1-11-10-31-20-25-18(26-29(11)20)24-19(30)28-13-5-7-27(9-13)15-3-2-14(23-17(15)28)12-4-6-22-16(21)8-12/h2-4,6,8,10,13H,5,7,9H2,1H3,(H,24,26,30)/t13-/m0/s1. The van der Waals surface area contributed by atoms with Crippen LogP contribution in [0.15, 0.2) is 35.8 Å². The van der Waals surface area contributed by atoms with Crippen molar-refractivity contribution < 1.29 is 4.79 Å². The van der Waals surface area contributed by atoms with E-state index in [4.69, 9.17) is 16.6 Å². The summed E-state index contributed by atoms with van der Waals surface area (Å²) < 4.78 is 1.73. The molecule has 0 radical (unpaired) electrons. The van der Waals surface area contributed by atoms with Gasteiger partial charge in [0.1, 0.15) is 5.15 Å². The fourth-order valence-corrected chi connectivity index (χ4v) is 5.17. The number of thiazole rings is 1. The number of amides is 2. The third-order valence-electron chi connectivity index (χ3n) is 5.66. The lowest BCUT2D eigenvalue weighted by atomic mass is 10.1. The summed E-state index contributed by atoms with van der Waals surface area (Å²) in [7, 11) is 0. The summed E-state index contributed by atoms with van der Waals surface area (Å²) in [6.45, 7) is 3.63. The minimum Gasteiger partial charge on any atom is -0.366 e. The van der Waals surface area contributed by atoms with Gasteiger partial charge in [-0.15, -0.1) is 16.4 Å². The molecular weight excluding hydrogens is 436 g/mol. The van der Waals surface area contributed by atoms with E-state index in [1.54, 1.807) is 21.7 Å². The van der Waals surface area contributed by atoms with Gasteiger partial charge >= 0.3 is 6.03 Å². The lowest BCUT2D eigenvalue weighted by Crippen LogP contribution is -2.48. The Bertz CT molecular complexity index is 1330. The average Bonchev–Trinajstić information content (AvgIpc) is 3.45. The Morgan fingerprint density at radius 1 is 1.29 bits per heavy atom. The van der Waals surface area contributed by atoms with Gasteiger partial charge in [-0.05, 0) is 37.6 Å². The van der Waals surface area contributed by atoms with Gasteiger partial charge in [0, 0.05) is 30.2 Å². The molecule has 6 heterocycles. The van der Waals surface area contributed by atoms with Gasteiger partial charge < -0.3 is 4.90 Å². The van der Waals surface area contributed by atoms with Crippen LogP contribution in [0.3, 0.4) is 0 Å². The first-order valence-corrected chi connectivity index (χ1v) is 11.1. The van der Waals surface area contributed by atoms with E-state index in [-0.39, 0.29) is 12.1 Å². The van der Waals surface area contributed by atoms with Crippen LogP contribution in [0, 0.1) is 6.92 Å². The van der Waals surface area contributed by atoms with Crippen molar-refractivity contribution in [2.45, 2.75) is 19.4 Å². The van der Waals surface area contributed by atoms with Gasteiger partial charge in [-0.3, -0.25) is 10.2 Å². The molecule has 2 amide bonds. The highest BCUT2D eigenvalue weighted by molar-refractivity contribution is 7.15. The lowest BCUT2D eigenvalue weighted by Gasteiger charge is -2.35. The van der Waals surface area contributed by atoms with E-state index >= 15 is 0 Å². The number of nitrogens with one attached hydrogen (secondary N) is 1. The molecule has 1 fully saturated rings. The number of urea groups is 1. The highest BCUT2D eigenvalue weighted by Gasteiger charge is 2.40. The van der Waals surface area contributed by atoms with Gasteiger partial charge in [0.2, 0.25) is 4.96 Å². The minimum atomic E-state index is -0.277. The minimum absolute atomic E-state index is 0.0433. The Hall–Kier alpha value is -3.24. The molecule has 2 bridgehead atoms. The zero-order chi connectivity index (χ0) is 21.1. The second kappa shape index (κ2) is 6.89. The Morgan fingerprint density at radius 3 is 3.03 bits per heavy atom. The molecule has 9 nitrogen and oxygen atoms in total. The predicted molar refractivity (Wildman–Crippen MR) is 120 cm³/mol. The first-order chi connectivity index (χ1) is 15.1. The van der Waals surface area contributed by atoms with Crippen molar-refractivity contribution in [3.05, 3.63) is 46.7 Å². The Labute approximate surface area is 186 Å². The number of pyridine rings is 2. The first-order valence-electron chi connectivity index (χ1n) is 9.86. The maximum Gasteiger partial charge on any atom is 0.330 e. The fraction of sp³-hybridized carbons (Fsp3) is 0.250. The summed E-state index contributed by atoms with van der Waals surface area (Å²) >= 11 is 7.55. The molecule has 6 rings (SSSR count). The van der Waals surface area contributed by atoms with Gasteiger partial charge in [0.05, 0.1) is 23.1 Å². The van der Waals surface area contributed by atoms with Gasteiger partial charge in [0.15, 0.2) is 5.82 Å². The number of halogens is 1. The number of carbonyl (C=O) groups is 1. The van der Waals surface area contributed by atoms with Gasteiger partial charge in [-0.2, -0.15) is 4.98 Å². The number of carbonyl (C=O) groups excluding carboxylic acids is 1. The molecule has 1 saturated heterocycles. The first kappa shape index (κ1) is 18.5. The van der Waals surface area contributed by atoms with Crippen molar-refractivity contribution in [3.63, 3.8) is 0 Å². The van der Waals surface area contributed by atoms with E-state index < -0.39 is 0 Å². The Balaban J connectivity index is 1.38. The number of aromatic nitrogens is 5. The summed E-state index contributed by atoms with van der Waals surface area (Å²) in [6, 6.07) is 7.35. The van der Waals surface area contributed by atoms with Crippen LogP contribution in [0.25, 0.3) is 16.2 Å². The highest BCUT2D eigenvalue weighted by Crippen LogP contribution is 2.40. The summed E-state index contributed by atoms with van der Waals surface area (Å²) in [4.78, 5) is 31.4. The van der Waals surface area contributed by atoms with E-state index in [1.807, 2.05) is 30.5 Å². The lowest BCUT2D eigenvalue weighted by molar-refractivity contribution is 0.254. The number of aryl methyl sites for hydroxylation is 1. The molecule has 0 saturated carbocycles. The SMILES string of the molecule is Cc1csc2nc(NC(=O)N3c4nc(-c5ccnc(Cl)c5)ccc4N4CC[C@H]3C4)nn12. The zero-order valence-electron chi connectivity index (χ0n) is 16.5. The molecule has 4 aromatic rings. The fourth-order valence-electron chi connectivity index (χ4n) is 4.19. The topological polar surface area (TPSA) is 91.5 Å². The molecule has 2 aliphatic rings. The molecule has 1 atom stereocenters. The largest absolute Gasteiger partial charge is 0.366 e. The van der Waals surface area contributed by atoms with Crippen molar-refractivity contribution in [1.29, 1.82) is 0 Å². The van der Waals surface area contributed by atoms with Crippen molar-refractivity contribution in [2.75, 3.05) is 28.2 Å². The summed E-state index contributed by atoms with van der Waals surface area (Å²) in [5, 5.41) is 9.65. The molecule has 0 aliphatic carbocycles. The monoisotopic (exact) mass is 452 g/mol. The quantitative estimate of drug-likeness (QED) is 0.464. The number of rotatable bonds is 2. The van der Waals surface area contributed by atoms with Crippen molar-refractivity contribution in [1.82, 2.24) is 24.6 Å². The Kier molecular flexibility index (Phi) is 4.12. The maximum atomic E-state index is 13.3. The van der Waals surface area contributed by atoms with Crippen molar-refractivity contribution in [2.24, 2.45) is 0 Å². The number of hydrogen-bond acceptors (Lipinski definition) is 7. The number of hydrogen-bond donors (Lipinski definition) is 1. The average molecular weight is 453 g/mol. The van der Waals surface area contributed by atoms with E-state index in [0.29, 0.717) is 16.9 Å². The summed E-state index contributed by atoms with van der Waals surface area (Å²) in [5.41, 5.74) is 3.51. The molecule has 11 heteroatoms. The summed E-state index contributed by atoms with van der Waals surface area (Å²) in [5.74, 6) is 0.924. The van der Waals surface area contributed by atoms with E-state index in [2.05, 4.69) is 25.3 Å². The normalized spacial score (nSPS) is 17.3. The molecular formula is C20H17ClN8OS. The number of fused-ring (bicyclic) bond motifs is 5. The highest BCUT2D eigenvalue weighted by atomic mass is 35.5. The molecule has 2 aliphatic heterocycles. The van der Waals surface area contributed by atoms with Crippen LogP contribution in [0.2, 0.25) is 5.15 Å². The molecule has 0 spiro atoms. The predicted octanol–water partition coefficient (Wildman–Crippen LogP) is 3.84. The van der Waals surface area contributed by atoms with Crippen LogP contribution < -0.4 is 15.1 Å². The van der Waals surface area contributed by atoms with Crippen LogP contribution in [0.1, 0.15) is 12.1 Å². The van der Waals surface area contributed by atoms with Crippen LogP contribution in [0.4, 0.5) is 22.2 Å². The van der Waals surface area contributed by atoms with Crippen molar-refractivity contribution in [3.8, 4) is 11.3 Å². The van der Waals surface area contributed by atoms with E-state index in [9.17, 15) is 4.79 Å². The van der Waals surface area contributed by atoms with Crippen LogP contribution in [-0.2, 0) is 0 Å². The molecule has 156 valence electrons. The molecule has 0 aromatic carbocycles. The van der Waals surface area contributed by atoms with Gasteiger partial charge in [-0.25, -0.2) is 19.3 Å². The second-order valence-electron chi connectivity index (χ2n) is 7.60. The van der Waals surface area contributed by atoms with E-state index in [0.717, 1.165) is 47.1 Å². The summed E-state index contributed by atoms with van der Waals surface area (Å²) in [6.07, 6.45) is 2.53. The molecule has 31 heavy (non-hydrogen) atoms. The van der Waals surface area contributed by atoms with E-state index in [1.165, 1.54) is 11.3 Å². The molecule has 1 N–H and O–H groups in total. The second-order valence-corrected chi connectivity index (χ2v) is 8.83. The molecule has 4 aromatic heterocycles. The smallest absolute Gasteiger partial charge is 0.330 e. The van der Waals surface area contributed by atoms with Crippen LogP contribution >= 0.6 is 22.9 Å². The third-order valence-corrected chi connectivity index (χ3v) is 6.80. The number of nitrogens with zero attached hydrogens (tertiary/aromatic N) is 7. The molecule has 0 unspecified atom stereocenters. The van der Waals surface area contributed by atoms with Crippen molar-refractivity contribution >= 4 is 51.4 Å². The van der Waals surface area contributed by atoms with Gasteiger partial charge in [0.25, 0.3) is 5.95 Å². The third kappa shape index (κ3) is 3.02. The van der Waals surface area contributed by atoms with Crippen LogP contribution in [-0.4, -0.2) is 49.7 Å².